The van der Waals surface area contributed by atoms with Gasteiger partial charge in [0.2, 0.25) is 0 Å². The second-order valence-corrected chi connectivity index (χ2v) is 4.96. The standard InChI is InChI=1S/C11H21BNO3/c1-7(13)9(8(2)14)12-16-11(5,6)10(3,4)15/h15H,13H2,1-6H3/b9-7+. The lowest BCUT2D eigenvalue weighted by molar-refractivity contribution is -0.113. The monoisotopic (exact) mass is 226 g/mol. The summed E-state index contributed by atoms with van der Waals surface area (Å²) in [7, 11) is 1.32. The minimum atomic E-state index is -1.02. The summed E-state index contributed by atoms with van der Waals surface area (Å²) in [6.45, 7) is 9.83. The van der Waals surface area contributed by atoms with Crippen LogP contribution >= 0.6 is 0 Å². The summed E-state index contributed by atoms with van der Waals surface area (Å²) in [5.74, 6) is -0.161. The van der Waals surface area contributed by atoms with Gasteiger partial charge in [0.05, 0.1) is 11.2 Å². The van der Waals surface area contributed by atoms with Crippen molar-refractivity contribution in [3.05, 3.63) is 11.2 Å². The molecule has 0 heterocycles. The van der Waals surface area contributed by atoms with E-state index in [9.17, 15) is 9.90 Å². The van der Waals surface area contributed by atoms with Gasteiger partial charge in [-0.15, -0.1) is 0 Å². The zero-order valence-electron chi connectivity index (χ0n) is 10.9. The average molecular weight is 226 g/mol. The fraction of sp³-hybridized carbons (Fsp3) is 0.727. The molecule has 16 heavy (non-hydrogen) atoms. The summed E-state index contributed by atoms with van der Waals surface area (Å²) in [6, 6.07) is 0. The van der Waals surface area contributed by atoms with Crippen molar-refractivity contribution >= 4 is 13.3 Å². The molecule has 0 saturated carbocycles. The van der Waals surface area contributed by atoms with E-state index in [0.29, 0.717) is 11.2 Å². The average Bonchev–Trinajstić information content (AvgIpc) is 1.99. The van der Waals surface area contributed by atoms with E-state index >= 15 is 0 Å². The Balaban J connectivity index is 4.69. The van der Waals surface area contributed by atoms with Crippen molar-refractivity contribution in [1.82, 2.24) is 0 Å². The van der Waals surface area contributed by atoms with Gasteiger partial charge in [-0.2, -0.15) is 0 Å². The summed E-state index contributed by atoms with van der Waals surface area (Å²) in [6.07, 6.45) is 0. The molecule has 0 aliphatic carbocycles. The van der Waals surface area contributed by atoms with Crippen LogP contribution in [0.15, 0.2) is 11.2 Å². The molecule has 0 atom stereocenters. The van der Waals surface area contributed by atoms with Gasteiger partial charge >= 0.3 is 7.48 Å². The van der Waals surface area contributed by atoms with Gasteiger partial charge in [-0.25, -0.2) is 0 Å². The van der Waals surface area contributed by atoms with Crippen molar-refractivity contribution in [3.63, 3.8) is 0 Å². The molecule has 0 spiro atoms. The van der Waals surface area contributed by atoms with Crippen molar-refractivity contribution < 1.29 is 14.6 Å². The van der Waals surface area contributed by atoms with Gasteiger partial charge in [-0.1, -0.05) is 0 Å². The van der Waals surface area contributed by atoms with E-state index in [2.05, 4.69) is 0 Å². The quantitative estimate of drug-likeness (QED) is 0.540. The zero-order valence-corrected chi connectivity index (χ0v) is 10.9. The highest BCUT2D eigenvalue weighted by Gasteiger charge is 2.36. The van der Waals surface area contributed by atoms with Crippen LogP contribution in [-0.4, -0.2) is 29.6 Å². The molecule has 0 aliphatic heterocycles. The maximum absolute atomic E-state index is 11.2. The molecule has 91 valence electrons. The van der Waals surface area contributed by atoms with E-state index in [1.165, 1.54) is 14.4 Å². The highest BCUT2D eigenvalue weighted by molar-refractivity contribution is 6.48. The highest BCUT2D eigenvalue weighted by Crippen LogP contribution is 2.25. The van der Waals surface area contributed by atoms with Crippen molar-refractivity contribution in [2.75, 3.05) is 0 Å². The fourth-order valence-corrected chi connectivity index (χ4v) is 0.804. The molecule has 0 amide bonds. The van der Waals surface area contributed by atoms with Gasteiger partial charge in [-0.05, 0) is 41.5 Å². The molecule has 0 unspecified atom stereocenters. The van der Waals surface area contributed by atoms with E-state index in [4.69, 9.17) is 10.4 Å². The Bertz CT molecular complexity index is 299. The molecule has 0 aromatic rings. The SMILES string of the molecule is CC(=O)/C([B]OC(C)(C)C(C)(C)O)=C(/C)N. The molecule has 0 bridgehead atoms. The maximum atomic E-state index is 11.2. The third kappa shape index (κ3) is 3.98. The lowest BCUT2D eigenvalue weighted by Gasteiger charge is -2.37. The highest BCUT2D eigenvalue weighted by atomic mass is 16.5. The molecule has 3 N–H and O–H groups in total. The summed E-state index contributed by atoms with van der Waals surface area (Å²) in [4.78, 5) is 11.2. The molecule has 0 rings (SSSR count). The van der Waals surface area contributed by atoms with Crippen molar-refractivity contribution in [2.24, 2.45) is 5.73 Å². The molecule has 0 aliphatic rings. The first-order valence-corrected chi connectivity index (χ1v) is 5.19. The van der Waals surface area contributed by atoms with Crippen LogP contribution in [0.1, 0.15) is 41.5 Å². The van der Waals surface area contributed by atoms with E-state index in [1.54, 1.807) is 34.6 Å². The second-order valence-electron chi connectivity index (χ2n) is 4.96. The Kier molecular flexibility index (Phi) is 4.76. The van der Waals surface area contributed by atoms with Crippen LogP contribution in [0.3, 0.4) is 0 Å². The Morgan fingerprint density at radius 1 is 1.25 bits per heavy atom. The first-order valence-electron chi connectivity index (χ1n) is 5.19. The number of rotatable bonds is 5. The van der Waals surface area contributed by atoms with Gasteiger partial charge in [-0.3, -0.25) is 4.79 Å². The van der Waals surface area contributed by atoms with Crippen LogP contribution in [0.4, 0.5) is 0 Å². The molecular formula is C11H21BNO3. The van der Waals surface area contributed by atoms with E-state index in [1.807, 2.05) is 0 Å². The second kappa shape index (κ2) is 5.02. The predicted molar refractivity (Wildman–Crippen MR) is 64.8 cm³/mol. The van der Waals surface area contributed by atoms with Crippen LogP contribution in [-0.2, 0) is 9.45 Å². The number of hydrogen-bond donors (Lipinski definition) is 2. The van der Waals surface area contributed by atoms with Gasteiger partial charge in [0.25, 0.3) is 0 Å². The summed E-state index contributed by atoms with van der Waals surface area (Å²) in [5.41, 5.74) is 4.47. The van der Waals surface area contributed by atoms with Crippen LogP contribution in [0, 0.1) is 0 Å². The molecule has 5 heteroatoms. The number of aliphatic hydroxyl groups is 1. The molecule has 4 nitrogen and oxygen atoms in total. The Labute approximate surface area is 98.1 Å². The Hall–Kier alpha value is -0.805. The number of ketones is 1. The smallest absolute Gasteiger partial charge is 0.336 e. The van der Waals surface area contributed by atoms with Gasteiger partial charge < -0.3 is 15.5 Å². The van der Waals surface area contributed by atoms with Crippen LogP contribution in [0.25, 0.3) is 0 Å². The number of carbonyl (C=O) groups excluding carboxylic acids is 1. The zero-order chi connectivity index (χ0) is 13.1. The largest absolute Gasteiger partial charge is 0.426 e. The van der Waals surface area contributed by atoms with E-state index in [-0.39, 0.29) is 5.78 Å². The number of allylic oxidation sites excluding steroid dienone is 2. The number of carbonyl (C=O) groups is 1. The summed E-state index contributed by atoms with van der Waals surface area (Å²) >= 11 is 0. The number of hydrogen-bond acceptors (Lipinski definition) is 4. The first kappa shape index (κ1) is 15.2. The van der Waals surface area contributed by atoms with Crippen LogP contribution in [0.5, 0.6) is 0 Å². The van der Waals surface area contributed by atoms with Gasteiger partial charge in [0, 0.05) is 11.2 Å². The normalized spacial score (nSPS) is 14.4. The third-order valence-corrected chi connectivity index (χ3v) is 2.75. The third-order valence-electron chi connectivity index (χ3n) is 2.75. The molecule has 0 fully saturated rings. The molecule has 0 aromatic carbocycles. The van der Waals surface area contributed by atoms with Crippen LogP contribution in [0.2, 0.25) is 0 Å². The van der Waals surface area contributed by atoms with Crippen molar-refractivity contribution in [2.45, 2.75) is 52.7 Å². The molecule has 1 radical (unpaired) electrons. The molecule has 0 aromatic heterocycles. The first-order chi connectivity index (χ1) is 6.99. The van der Waals surface area contributed by atoms with Crippen molar-refractivity contribution in [3.8, 4) is 0 Å². The van der Waals surface area contributed by atoms with E-state index in [0.717, 1.165) is 0 Å². The predicted octanol–water partition coefficient (Wildman–Crippen LogP) is 0.951. The number of nitrogens with two attached hydrogens (primary N) is 1. The minimum Gasteiger partial charge on any atom is -0.426 e. The van der Waals surface area contributed by atoms with E-state index < -0.39 is 11.2 Å². The van der Waals surface area contributed by atoms with Crippen molar-refractivity contribution in [1.29, 1.82) is 0 Å². The lowest BCUT2D eigenvalue weighted by Crippen LogP contribution is -2.48. The number of Topliss-reactive ketones (excluding diaryl/α,β-unsaturated/α-hetero) is 1. The summed E-state index contributed by atoms with van der Waals surface area (Å²) < 4.78 is 5.44. The lowest BCUT2D eigenvalue weighted by atomic mass is 9.79. The Morgan fingerprint density at radius 2 is 1.69 bits per heavy atom. The fourth-order valence-electron chi connectivity index (χ4n) is 0.804. The maximum Gasteiger partial charge on any atom is 0.336 e. The minimum absolute atomic E-state index is 0.161. The molecular weight excluding hydrogens is 205 g/mol. The topological polar surface area (TPSA) is 72.5 Å². The van der Waals surface area contributed by atoms with Crippen LogP contribution < -0.4 is 5.73 Å². The molecule has 0 saturated heterocycles. The Morgan fingerprint density at radius 3 is 1.94 bits per heavy atom. The van der Waals surface area contributed by atoms with Gasteiger partial charge in [0.15, 0.2) is 5.78 Å². The van der Waals surface area contributed by atoms with Gasteiger partial charge in [0.1, 0.15) is 0 Å². The summed E-state index contributed by atoms with van der Waals surface area (Å²) in [5, 5.41) is 9.86.